The molecule has 16 heavy (non-hydrogen) atoms. The highest BCUT2D eigenvalue weighted by molar-refractivity contribution is 5.85. The van der Waals surface area contributed by atoms with Crippen molar-refractivity contribution in [3.8, 4) is 0 Å². The van der Waals surface area contributed by atoms with E-state index in [4.69, 9.17) is 4.74 Å². The minimum Gasteiger partial charge on any atom is -0.370 e. The molecule has 2 nitrogen and oxygen atoms in total. The van der Waals surface area contributed by atoms with Gasteiger partial charge in [0.25, 0.3) is 0 Å². The summed E-state index contributed by atoms with van der Waals surface area (Å²) in [5.41, 5.74) is 0. The summed E-state index contributed by atoms with van der Waals surface area (Å²) >= 11 is 0. The van der Waals surface area contributed by atoms with Gasteiger partial charge in [0.15, 0.2) is 5.78 Å². The van der Waals surface area contributed by atoms with Gasteiger partial charge in [0.1, 0.15) is 6.10 Å². The number of hydrogen-bond acceptors (Lipinski definition) is 2. The van der Waals surface area contributed by atoms with Gasteiger partial charge in [-0.05, 0) is 38.0 Å². The monoisotopic (exact) mass is 224 g/mol. The highest BCUT2D eigenvalue weighted by Crippen LogP contribution is 2.33. The van der Waals surface area contributed by atoms with Crippen LogP contribution in [-0.4, -0.2) is 18.5 Å². The number of ether oxygens (including phenoxy) is 1. The smallest absolute Gasteiger partial charge is 0.164 e. The number of rotatable bonds is 3. The summed E-state index contributed by atoms with van der Waals surface area (Å²) in [5.74, 6) is 1.51. The number of hydrogen-bond donors (Lipinski definition) is 0. The van der Waals surface area contributed by atoms with E-state index >= 15 is 0 Å². The van der Waals surface area contributed by atoms with Crippen LogP contribution < -0.4 is 0 Å². The Balaban J connectivity index is 1.87. The Morgan fingerprint density at radius 3 is 2.75 bits per heavy atom. The van der Waals surface area contributed by atoms with Crippen LogP contribution in [0.15, 0.2) is 0 Å². The van der Waals surface area contributed by atoms with Crippen molar-refractivity contribution in [1.29, 1.82) is 0 Å². The van der Waals surface area contributed by atoms with Crippen LogP contribution in [0.25, 0.3) is 0 Å². The molecule has 3 unspecified atom stereocenters. The fraction of sp³-hybridized carbons (Fsp3) is 0.929. The van der Waals surface area contributed by atoms with Gasteiger partial charge in [0.2, 0.25) is 0 Å². The van der Waals surface area contributed by atoms with Gasteiger partial charge in [-0.1, -0.05) is 26.2 Å². The van der Waals surface area contributed by atoms with Crippen molar-refractivity contribution >= 4 is 5.78 Å². The van der Waals surface area contributed by atoms with E-state index < -0.39 is 0 Å². The fourth-order valence-electron chi connectivity index (χ4n) is 3.15. The standard InChI is InChI=1S/C14H24O2/c1-2-11-6-5-7-12(10-11)14(15)13-8-3-4-9-16-13/h11-13H,2-10H2,1H3. The van der Waals surface area contributed by atoms with E-state index in [1.54, 1.807) is 0 Å². The molecule has 2 aliphatic rings. The van der Waals surface area contributed by atoms with Crippen LogP contribution in [0.3, 0.4) is 0 Å². The Bertz CT molecular complexity index is 231. The largest absolute Gasteiger partial charge is 0.370 e. The summed E-state index contributed by atoms with van der Waals surface area (Å²) in [6.45, 7) is 3.04. The fourth-order valence-corrected chi connectivity index (χ4v) is 3.15. The van der Waals surface area contributed by atoms with Crippen LogP contribution in [0.2, 0.25) is 0 Å². The third-order valence-corrected chi connectivity index (χ3v) is 4.26. The zero-order valence-corrected chi connectivity index (χ0v) is 10.4. The molecule has 2 rings (SSSR count). The van der Waals surface area contributed by atoms with Crippen LogP contribution in [0.4, 0.5) is 0 Å². The first-order valence-corrected chi connectivity index (χ1v) is 6.96. The lowest BCUT2D eigenvalue weighted by atomic mass is 9.76. The first kappa shape index (κ1) is 12.1. The molecule has 0 N–H and O–H groups in total. The third kappa shape index (κ3) is 2.85. The third-order valence-electron chi connectivity index (χ3n) is 4.26. The molecule has 1 heterocycles. The number of carbonyl (C=O) groups excluding carboxylic acids is 1. The lowest BCUT2D eigenvalue weighted by Crippen LogP contribution is -2.35. The Labute approximate surface area is 98.7 Å². The molecule has 3 atom stereocenters. The molecule has 0 amide bonds. The molecule has 92 valence electrons. The maximum Gasteiger partial charge on any atom is 0.164 e. The average molecular weight is 224 g/mol. The first-order valence-electron chi connectivity index (χ1n) is 6.96. The highest BCUT2D eigenvalue weighted by atomic mass is 16.5. The minimum absolute atomic E-state index is 0.0608. The molecule has 2 fully saturated rings. The Morgan fingerprint density at radius 1 is 1.19 bits per heavy atom. The van der Waals surface area contributed by atoms with Gasteiger partial charge in [0, 0.05) is 12.5 Å². The van der Waals surface area contributed by atoms with Crippen LogP contribution in [0.1, 0.15) is 58.3 Å². The highest BCUT2D eigenvalue weighted by Gasteiger charge is 2.32. The van der Waals surface area contributed by atoms with Gasteiger partial charge in [-0.15, -0.1) is 0 Å². The summed E-state index contributed by atoms with van der Waals surface area (Å²) in [6, 6.07) is 0. The normalized spacial score (nSPS) is 35.9. The van der Waals surface area contributed by atoms with Gasteiger partial charge in [0.05, 0.1) is 0 Å². The van der Waals surface area contributed by atoms with Crippen molar-refractivity contribution in [1.82, 2.24) is 0 Å². The van der Waals surface area contributed by atoms with Gasteiger partial charge < -0.3 is 4.74 Å². The second-order valence-electron chi connectivity index (χ2n) is 5.40. The quantitative estimate of drug-likeness (QED) is 0.735. The second-order valence-corrected chi connectivity index (χ2v) is 5.40. The van der Waals surface area contributed by atoms with Crippen molar-refractivity contribution in [3.05, 3.63) is 0 Å². The zero-order valence-electron chi connectivity index (χ0n) is 10.4. The van der Waals surface area contributed by atoms with Gasteiger partial charge in [-0.3, -0.25) is 4.79 Å². The predicted molar refractivity (Wildman–Crippen MR) is 64.3 cm³/mol. The van der Waals surface area contributed by atoms with E-state index in [2.05, 4.69) is 6.92 Å². The van der Waals surface area contributed by atoms with E-state index in [1.807, 2.05) is 0 Å². The summed E-state index contributed by atoms with van der Waals surface area (Å²) in [5, 5.41) is 0. The van der Waals surface area contributed by atoms with Crippen LogP contribution >= 0.6 is 0 Å². The van der Waals surface area contributed by atoms with Crippen molar-refractivity contribution in [2.75, 3.05) is 6.61 Å². The van der Waals surface area contributed by atoms with E-state index in [0.717, 1.165) is 38.2 Å². The molecule has 0 aromatic carbocycles. The van der Waals surface area contributed by atoms with E-state index in [9.17, 15) is 4.79 Å². The first-order chi connectivity index (χ1) is 7.81. The Morgan fingerprint density at radius 2 is 2.06 bits per heavy atom. The van der Waals surface area contributed by atoms with Crippen LogP contribution in [0, 0.1) is 11.8 Å². The molecule has 1 saturated heterocycles. The Hall–Kier alpha value is -0.370. The number of ketones is 1. The maximum atomic E-state index is 12.3. The summed E-state index contributed by atoms with van der Waals surface area (Å²) in [6.07, 6.45) is 9.22. The maximum absolute atomic E-state index is 12.3. The SMILES string of the molecule is CCC1CCCC(C(=O)C2CCCCO2)C1. The molecule has 0 aromatic rings. The summed E-state index contributed by atoms with van der Waals surface area (Å²) in [4.78, 5) is 12.3. The van der Waals surface area contributed by atoms with Crippen molar-refractivity contribution in [2.45, 2.75) is 64.4 Å². The van der Waals surface area contributed by atoms with Crippen LogP contribution in [-0.2, 0) is 9.53 Å². The minimum atomic E-state index is -0.0608. The summed E-state index contributed by atoms with van der Waals surface area (Å²) < 4.78 is 5.61. The van der Waals surface area contributed by atoms with E-state index in [1.165, 1.54) is 25.7 Å². The molecule has 2 heteroatoms. The summed E-state index contributed by atoms with van der Waals surface area (Å²) in [7, 11) is 0. The molecule has 0 aromatic heterocycles. The van der Waals surface area contributed by atoms with Crippen molar-refractivity contribution < 1.29 is 9.53 Å². The molecule has 0 spiro atoms. The lowest BCUT2D eigenvalue weighted by Gasteiger charge is -2.31. The van der Waals surface area contributed by atoms with Crippen LogP contribution in [0.5, 0.6) is 0 Å². The molecule has 0 radical (unpaired) electrons. The molecule has 1 saturated carbocycles. The number of Topliss-reactive ketones (excluding diaryl/α,β-unsaturated/α-hetero) is 1. The van der Waals surface area contributed by atoms with Gasteiger partial charge in [-0.2, -0.15) is 0 Å². The van der Waals surface area contributed by atoms with Gasteiger partial charge >= 0.3 is 0 Å². The van der Waals surface area contributed by atoms with Gasteiger partial charge in [-0.25, -0.2) is 0 Å². The number of carbonyl (C=O) groups is 1. The molecule has 0 bridgehead atoms. The molecular weight excluding hydrogens is 200 g/mol. The average Bonchev–Trinajstić information content (AvgIpc) is 2.39. The van der Waals surface area contributed by atoms with E-state index in [0.29, 0.717) is 11.7 Å². The Kier molecular flexibility index (Phi) is 4.39. The van der Waals surface area contributed by atoms with E-state index in [-0.39, 0.29) is 6.10 Å². The van der Waals surface area contributed by atoms with Crippen molar-refractivity contribution in [3.63, 3.8) is 0 Å². The molecular formula is C14H24O2. The second kappa shape index (κ2) is 5.81. The molecule has 1 aliphatic carbocycles. The topological polar surface area (TPSA) is 26.3 Å². The van der Waals surface area contributed by atoms with Crippen molar-refractivity contribution in [2.24, 2.45) is 11.8 Å². The predicted octanol–water partition coefficient (Wildman–Crippen LogP) is 3.34. The zero-order chi connectivity index (χ0) is 11.4. The lowest BCUT2D eigenvalue weighted by molar-refractivity contribution is -0.138. The molecule has 1 aliphatic heterocycles.